The molecule has 98 valence electrons. The lowest BCUT2D eigenvalue weighted by Gasteiger charge is -2.17. The molecule has 0 heterocycles. The summed E-state index contributed by atoms with van der Waals surface area (Å²) in [6.07, 6.45) is 1.87. The van der Waals surface area contributed by atoms with Crippen molar-refractivity contribution in [1.29, 1.82) is 0 Å². The highest BCUT2D eigenvalue weighted by Crippen LogP contribution is 2.30. The Kier molecular flexibility index (Phi) is 5.78. The second-order valence-corrected chi connectivity index (χ2v) is 4.65. The van der Waals surface area contributed by atoms with Gasteiger partial charge in [0.25, 0.3) is 0 Å². The standard InChI is InChI=1S/C17H24O/c1-6-8-9-10-13(3)16-11-12-17(18-7-2)15(5)14(16)4/h11-13H,6-7,10H2,1-5H3. The number of rotatable bonds is 4. The van der Waals surface area contributed by atoms with Crippen LogP contribution in [0, 0.1) is 25.7 Å². The molecule has 0 bridgehead atoms. The number of hydrogen-bond acceptors (Lipinski definition) is 1. The predicted octanol–water partition coefficient (Wildman–Crippen LogP) is 4.61. The molecule has 0 aliphatic carbocycles. The van der Waals surface area contributed by atoms with E-state index in [1.807, 2.05) is 6.92 Å². The molecule has 0 spiro atoms. The Morgan fingerprint density at radius 3 is 2.44 bits per heavy atom. The van der Waals surface area contributed by atoms with Crippen molar-refractivity contribution in [3.63, 3.8) is 0 Å². The summed E-state index contributed by atoms with van der Waals surface area (Å²) in [4.78, 5) is 0. The van der Waals surface area contributed by atoms with Crippen LogP contribution in [0.15, 0.2) is 12.1 Å². The van der Waals surface area contributed by atoms with Crippen LogP contribution in [-0.2, 0) is 0 Å². The van der Waals surface area contributed by atoms with E-state index < -0.39 is 0 Å². The molecule has 1 aromatic rings. The van der Waals surface area contributed by atoms with E-state index in [1.54, 1.807) is 0 Å². The van der Waals surface area contributed by atoms with Crippen molar-refractivity contribution < 1.29 is 4.74 Å². The second kappa shape index (κ2) is 7.11. The van der Waals surface area contributed by atoms with E-state index in [-0.39, 0.29) is 0 Å². The van der Waals surface area contributed by atoms with Crippen LogP contribution < -0.4 is 4.74 Å². The molecule has 0 fully saturated rings. The molecule has 18 heavy (non-hydrogen) atoms. The van der Waals surface area contributed by atoms with Crippen molar-refractivity contribution in [2.75, 3.05) is 6.61 Å². The quantitative estimate of drug-likeness (QED) is 0.703. The number of benzene rings is 1. The Bertz CT molecular complexity index is 449. The molecule has 0 aliphatic heterocycles. The lowest BCUT2D eigenvalue weighted by molar-refractivity contribution is 0.337. The SMILES string of the molecule is CCC#CCC(C)c1ccc(OCC)c(C)c1C. The molecule has 0 saturated carbocycles. The zero-order valence-corrected chi connectivity index (χ0v) is 12.3. The van der Waals surface area contributed by atoms with Crippen LogP contribution in [0.4, 0.5) is 0 Å². The van der Waals surface area contributed by atoms with Crippen molar-refractivity contribution in [3.05, 3.63) is 28.8 Å². The Morgan fingerprint density at radius 2 is 1.83 bits per heavy atom. The minimum Gasteiger partial charge on any atom is -0.494 e. The summed E-state index contributed by atoms with van der Waals surface area (Å²) in [5, 5.41) is 0. The van der Waals surface area contributed by atoms with E-state index in [1.165, 1.54) is 16.7 Å². The van der Waals surface area contributed by atoms with Crippen molar-refractivity contribution in [2.24, 2.45) is 0 Å². The van der Waals surface area contributed by atoms with Gasteiger partial charge in [-0.2, -0.15) is 0 Å². The average Bonchev–Trinajstić information content (AvgIpc) is 2.35. The smallest absolute Gasteiger partial charge is 0.122 e. The van der Waals surface area contributed by atoms with E-state index in [9.17, 15) is 0 Å². The first-order valence-electron chi connectivity index (χ1n) is 6.80. The third kappa shape index (κ3) is 3.53. The molecule has 1 aromatic carbocycles. The summed E-state index contributed by atoms with van der Waals surface area (Å²) in [7, 11) is 0. The van der Waals surface area contributed by atoms with Crippen molar-refractivity contribution >= 4 is 0 Å². The van der Waals surface area contributed by atoms with Gasteiger partial charge in [0.2, 0.25) is 0 Å². The monoisotopic (exact) mass is 244 g/mol. The number of ether oxygens (including phenoxy) is 1. The fourth-order valence-corrected chi connectivity index (χ4v) is 2.12. The van der Waals surface area contributed by atoms with E-state index in [0.717, 1.165) is 25.2 Å². The van der Waals surface area contributed by atoms with Gasteiger partial charge < -0.3 is 4.74 Å². The highest BCUT2D eigenvalue weighted by molar-refractivity contribution is 5.45. The van der Waals surface area contributed by atoms with Gasteiger partial charge in [0.15, 0.2) is 0 Å². The summed E-state index contributed by atoms with van der Waals surface area (Å²) in [6, 6.07) is 4.27. The van der Waals surface area contributed by atoms with Crippen LogP contribution in [-0.4, -0.2) is 6.61 Å². The largest absolute Gasteiger partial charge is 0.494 e. The van der Waals surface area contributed by atoms with Gasteiger partial charge in [0, 0.05) is 12.8 Å². The minimum absolute atomic E-state index is 0.485. The van der Waals surface area contributed by atoms with E-state index in [4.69, 9.17) is 4.74 Å². The zero-order chi connectivity index (χ0) is 13.5. The fourth-order valence-electron chi connectivity index (χ4n) is 2.12. The van der Waals surface area contributed by atoms with Crippen LogP contribution in [0.3, 0.4) is 0 Å². The Morgan fingerprint density at radius 1 is 1.11 bits per heavy atom. The number of hydrogen-bond donors (Lipinski definition) is 0. The molecule has 1 rings (SSSR count). The van der Waals surface area contributed by atoms with Gasteiger partial charge in [-0.1, -0.05) is 19.9 Å². The lowest BCUT2D eigenvalue weighted by Crippen LogP contribution is -2.01. The maximum atomic E-state index is 5.62. The van der Waals surface area contributed by atoms with Crippen LogP contribution >= 0.6 is 0 Å². The topological polar surface area (TPSA) is 9.23 Å². The maximum absolute atomic E-state index is 5.62. The fraction of sp³-hybridized carbons (Fsp3) is 0.529. The van der Waals surface area contributed by atoms with Gasteiger partial charge in [0.05, 0.1) is 6.61 Å². The molecule has 0 aromatic heterocycles. The Balaban J connectivity index is 2.93. The first kappa shape index (κ1) is 14.6. The van der Waals surface area contributed by atoms with Crippen molar-refractivity contribution in [1.82, 2.24) is 0 Å². The highest BCUT2D eigenvalue weighted by Gasteiger charge is 2.11. The molecule has 0 radical (unpaired) electrons. The van der Waals surface area contributed by atoms with Crippen LogP contribution in [0.1, 0.15) is 56.2 Å². The summed E-state index contributed by atoms with van der Waals surface area (Å²) < 4.78 is 5.62. The lowest BCUT2D eigenvalue weighted by atomic mass is 9.91. The summed E-state index contributed by atoms with van der Waals surface area (Å²) in [6.45, 7) is 11.4. The van der Waals surface area contributed by atoms with E-state index in [0.29, 0.717) is 5.92 Å². The summed E-state index contributed by atoms with van der Waals surface area (Å²) >= 11 is 0. The molecule has 1 unspecified atom stereocenters. The third-order valence-electron chi connectivity index (χ3n) is 3.32. The van der Waals surface area contributed by atoms with Gasteiger partial charge >= 0.3 is 0 Å². The van der Waals surface area contributed by atoms with Crippen LogP contribution in [0.5, 0.6) is 5.75 Å². The van der Waals surface area contributed by atoms with Crippen LogP contribution in [0.25, 0.3) is 0 Å². The Hall–Kier alpha value is -1.42. The summed E-state index contributed by atoms with van der Waals surface area (Å²) in [5.74, 6) is 7.87. The van der Waals surface area contributed by atoms with Crippen molar-refractivity contribution in [3.8, 4) is 17.6 Å². The minimum atomic E-state index is 0.485. The zero-order valence-electron chi connectivity index (χ0n) is 12.3. The first-order chi connectivity index (χ1) is 8.61. The molecular weight excluding hydrogens is 220 g/mol. The van der Waals surface area contributed by atoms with E-state index in [2.05, 4.69) is 51.7 Å². The van der Waals surface area contributed by atoms with Gasteiger partial charge in [-0.25, -0.2) is 0 Å². The predicted molar refractivity (Wildman–Crippen MR) is 78.2 cm³/mol. The van der Waals surface area contributed by atoms with Gasteiger partial charge in [-0.05, 0) is 49.4 Å². The van der Waals surface area contributed by atoms with Gasteiger partial charge in [0.1, 0.15) is 5.75 Å². The molecule has 1 heteroatoms. The van der Waals surface area contributed by atoms with Gasteiger partial charge in [-0.15, -0.1) is 11.8 Å². The maximum Gasteiger partial charge on any atom is 0.122 e. The highest BCUT2D eigenvalue weighted by atomic mass is 16.5. The molecule has 1 nitrogen and oxygen atoms in total. The van der Waals surface area contributed by atoms with E-state index >= 15 is 0 Å². The second-order valence-electron chi connectivity index (χ2n) is 4.65. The molecule has 0 N–H and O–H groups in total. The summed E-state index contributed by atoms with van der Waals surface area (Å²) in [5.41, 5.74) is 3.98. The molecule has 0 amide bonds. The Labute approximate surface area is 112 Å². The van der Waals surface area contributed by atoms with Crippen molar-refractivity contribution in [2.45, 2.75) is 53.4 Å². The third-order valence-corrected chi connectivity index (χ3v) is 3.32. The first-order valence-corrected chi connectivity index (χ1v) is 6.80. The molecule has 1 atom stereocenters. The molecular formula is C17H24O. The molecule has 0 aliphatic rings. The normalized spacial score (nSPS) is 11.6. The average molecular weight is 244 g/mol. The van der Waals surface area contributed by atoms with Crippen LogP contribution in [0.2, 0.25) is 0 Å². The molecule has 0 saturated heterocycles. The van der Waals surface area contributed by atoms with Gasteiger partial charge in [-0.3, -0.25) is 0 Å².